The van der Waals surface area contributed by atoms with Crippen LogP contribution in [0.1, 0.15) is 47.2 Å². The minimum absolute atomic E-state index is 0.0477. The molecule has 3 aromatic rings. The van der Waals surface area contributed by atoms with Crippen LogP contribution in [0.2, 0.25) is 0 Å². The van der Waals surface area contributed by atoms with Gasteiger partial charge in [-0.2, -0.15) is 0 Å². The SMILES string of the molecule is Cc1cccc(NC(=O)C(=O)c2cn(CC(=O)N3CCCCCC3)c3ccccc23)c1C. The van der Waals surface area contributed by atoms with Crippen LogP contribution in [-0.4, -0.2) is 40.2 Å². The lowest BCUT2D eigenvalue weighted by molar-refractivity contribution is -0.131. The monoisotopic (exact) mass is 431 g/mol. The number of carbonyl (C=O) groups excluding carboxylic acids is 3. The average Bonchev–Trinajstić information content (AvgIpc) is 2.96. The maximum Gasteiger partial charge on any atom is 0.296 e. The summed E-state index contributed by atoms with van der Waals surface area (Å²) in [5.74, 6) is -1.24. The Hall–Kier alpha value is -3.41. The van der Waals surface area contributed by atoms with E-state index in [1.807, 2.05) is 55.1 Å². The predicted molar refractivity (Wildman–Crippen MR) is 126 cm³/mol. The molecule has 4 rings (SSSR count). The van der Waals surface area contributed by atoms with Crippen LogP contribution in [0.3, 0.4) is 0 Å². The fourth-order valence-electron chi connectivity index (χ4n) is 4.31. The molecule has 1 aromatic heterocycles. The van der Waals surface area contributed by atoms with E-state index in [-0.39, 0.29) is 12.5 Å². The van der Waals surface area contributed by atoms with Crippen molar-refractivity contribution in [2.75, 3.05) is 18.4 Å². The van der Waals surface area contributed by atoms with Crippen molar-refractivity contribution in [2.45, 2.75) is 46.1 Å². The van der Waals surface area contributed by atoms with Gasteiger partial charge in [-0.1, -0.05) is 43.2 Å². The molecule has 1 saturated heterocycles. The minimum atomic E-state index is -0.680. The predicted octanol–water partition coefficient (Wildman–Crippen LogP) is 4.48. The molecule has 2 heterocycles. The topological polar surface area (TPSA) is 71.4 Å². The number of nitrogens with zero attached hydrogens (tertiary/aromatic N) is 2. The third kappa shape index (κ3) is 4.44. The molecule has 6 heteroatoms. The summed E-state index contributed by atoms with van der Waals surface area (Å²) in [6.07, 6.45) is 6.01. The maximum atomic E-state index is 13.1. The number of nitrogens with one attached hydrogen (secondary N) is 1. The number of rotatable bonds is 5. The highest BCUT2D eigenvalue weighted by Crippen LogP contribution is 2.24. The van der Waals surface area contributed by atoms with Gasteiger partial charge in [-0.3, -0.25) is 14.4 Å². The van der Waals surface area contributed by atoms with Crippen LogP contribution in [0.15, 0.2) is 48.7 Å². The number of Topliss-reactive ketones (excluding diaryl/α,β-unsaturated/α-hetero) is 1. The van der Waals surface area contributed by atoms with Gasteiger partial charge < -0.3 is 14.8 Å². The number of anilines is 1. The van der Waals surface area contributed by atoms with E-state index in [0.29, 0.717) is 16.6 Å². The molecule has 2 aromatic carbocycles. The smallest absolute Gasteiger partial charge is 0.296 e. The molecular weight excluding hydrogens is 402 g/mol. The van der Waals surface area contributed by atoms with E-state index < -0.39 is 11.7 Å². The van der Waals surface area contributed by atoms with E-state index in [0.717, 1.165) is 55.4 Å². The number of hydrogen-bond donors (Lipinski definition) is 1. The fourth-order valence-corrected chi connectivity index (χ4v) is 4.31. The first-order valence-electron chi connectivity index (χ1n) is 11.2. The highest BCUT2D eigenvalue weighted by atomic mass is 16.2. The van der Waals surface area contributed by atoms with E-state index in [9.17, 15) is 14.4 Å². The molecule has 2 amide bonds. The summed E-state index contributed by atoms with van der Waals surface area (Å²) in [5, 5.41) is 3.43. The summed E-state index contributed by atoms with van der Waals surface area (Å²) in [4.78, 5) is 40.7. The molecule has 1 fully saturated rings. The van der Waals surface area contributed by atoms with Crippen molar-refractivity contribution < 1.29 is 14.4 Å². The van der Waals surface area contributed by atoms with E-state index in [1.165, 1.54) is 0 Å². The molecule has 0 bridgehead atoms. The molecule has 1 aliphatic rings. The van der Waals surface area contributed by atoms with Crippen molar-refractivity contribution in [3.63, 3.8) is 0 Å². The third-order valence-electron chi connectivity index (χ3n) is 6.36. The van der Waals surface area contributed by atoms with Crippen molar-refractivity contribution in [3.8, 4) is 0 Å². The molecule has 0 saturated carbocycles. The largest absolute Gasteiger partial charge is 0.341 e. The van der Waals surface area contributed by atoms with Crippen LogP contribution in [-0.2, 0) is 16.1 Å². The fraction of sp³-hybridized carbons (Fsp3) is 0.346. The number of aromatic nitrogens is 1. The second kappa shape index (κ2) is 9.39. The number of fused-ring (bicyclic) bond motifs is 1. The molecule has 0 unspecified atom stereocenters. The van der Waals surface area contributed by atoms with Crippen molar-refractivity contribution >= 4 is 34.2 Å². The first-order valence-corrected chi connectivity index (χ1v) is 11.2. The first kappa shape index (κ1) is 21.8. The van der Waals surface area contributed by atoms with Gasteiger partial charge in [0.1, 0.15) is 6.54 Å². The van der Waals surface area contributed by atoms with Gasteiger partial charge in [-0.05, 0) is 49.9 Å². The number of likely N-dealkylation sites (tertiary alicyclic amines) is 1. The third-order valence-corrected chi connectivity index (χ3v) is 6.36. The molecule has 32 heavy (non-hydrogen) atoms. The van der Waals surface area contributed by atoms with Gasteiger partial charge in [-0.15, -0.1) is 0 Å². The molecule has 6 nitrogen and oxygen atoms in total. The van der Waals surface area contributed by atoms with Crippen LogP contribution >= 0.6 is 0 Å². The number of para-hydroxylation sites is 1. The van der Waals surface area contributed by atoms with E-state index in [2.05, 4.69) is 5.32 Å². The van der Waals surface area contributed by atoms with Gasteiger partial charge in [-0.25, -0.2) is 0 Å². The first-order chi connectivity index (χ1) is 15.5. The molecule has 166 valence electrons. The quantitative estimate of drug-likeness (QED) is 0.478. The highest BCUT2D eigenvalue weighted by Gasteiger charge is 2.24. The minimum Gasteiger partial charge on any atom is -0.341 e. The molecule has 0 spiro atoms. The molecule has 1 aliphatic heterocycles. The van der Waals surface area contributed by atoms with Crippen LogP contribution in [0, 0.1) is 13.8 Å². The molecule has 0 radical (unpaired) electrons. The van der Waals surface area contributed by atoms with Crippen LogP contribution < -0.4 is 5.32 Å². The normalized spacial score (nSPS) is 14.2. The van der Waals surface area contributed by atoms with Crippen LogP contribution in [0.4, 0.5) is 5.69 Å². The lowest BCUT2D eigenvalue weighted by atomic mass is 10.1. The number of ketones is 1. The summed E-state index contributed by atoms with van der Waals surface area (Å²) in [6, 6.07) is 13.0. The Morgan fingerprint density at radius 2 is 1.62 bits per heavy atom. The lowest BCUT2D eigenvalue weighted by Gasteiger charge is -2.20. The van der Waals surface area contributed by atoms with Crippen LogP contribution in [0.25, 0.3) is 10.9 Å². The number of aryl methyl sites for hydroxylation is 1. The van der Waals surface area contributed by atoms with Crippen molar-refractivity contribution in [3.05, 3.63) is 65.4 Å². The molecule has 0 atom stereocenters. The highest BCUT2D eigenvalue weighted by molar-refractivity contribution is 6.48. The number of hydrogen-bond acceptors (Lipinski definition) is 3. The summed E-state index contributed by atoms with van der Waals surface area (Å²) in [6.45, 7) is 5.59. The van der Waals surface area contributed by atoms with E-state index in [4.69, 9.17) is 0 Å². The molecule has 0 aliphatic carbocycles. The summed E-state index contributed by atoms with van der Waals surface area (Å²) >= 11 is 0. The van der Waals surface area contributed by atoms with Gasteiger partial charge in [0.15, 0.2) is 0 Å². The standard InChI is InChI=1S/C26H29N3O3/c1-18-10-9-12-22(19(18)2)27-26(32)25(31)21-16-29(23-13-6-5-11-20(21)23)17-24(30)28-14-7-3-4-8-15-28/h5-6,9-13,16H,3-4,7-8,14-15,17H2,1-2H3,(H,27,32). The Morgan fingerprint density at radius 3 is 2.38 bits per heavy atom. The van der Waals surface area contributed by atoms with Crippen molar-refractivity contribution in [2.24, 2.45) is 0 Å². The van der Waals surface area contributed by atoms with E-state index >= 15 is 0 Å². The Balaban J connectivity index is 1.59. The number of benzene rings is 2. The van der Waals surface area contributed by atoms with Gasteiger partial charge in [0, 0.05) is 35.9 Å². The Kier molecular flexibility index (Phi) is 6.40. The summed E-state index contributed by atoms with van der Waals surface area (Å²) in [7, 11) is 0. The van der Waals surface area contributed by atoms with Crippen molar-refractivity contribution in [1.82, 2.24) is 9.47 Å². The van der Waals surface area contributed by atoms with Gasteiger partial charge in [0.25, 0.3) is 11.7 Å². The Labute approximate surface area is 188 Å². The maximum absolute atomic E-state index is 13.1. The van der Waals surface area contributed by atoms with Gasteiger partial charge in [0.05, 0.1) is 5.56 Å². The Bertz CT molecular complexity index is 1170. The molecule has 1 N–H and O–H groups in total. The second-order valence-electron chi connectivity index (χ2n) is 8.51. The zero-order valence-corrected chi connectivity index (χ0v) is 18.7. The second-order valence-corrected chi connectivity index (χ2v) is 8.51. The average molecular weight is 432 g/mol. The molecular formula is C26H29N3O3. The van der Waals surface area contributed by atoms with E-state index in [1.54, 1.807) is 16.8 Å². The number of carbonyl (C=O) groups is 3. The van der Waals surface area contributed by atoms with Gasteiger partial charge >= 0.3 is 0 Å². The lowest BCUT2D eigenvalue weighted by Crippen LogP contribution is -2.34. The number of amides is 2. The summed E-state index contributed by atoms with van der Waals surface area (Å²) < 4.78 is 1.79. The Morgan fingerprint density at radius 1 is 0.906 bits per heavy atom. The zero-order chi connectivity index (χ0) is 22.7. The van der Waals surface area contributed by atoms with Crippen LogP contribution in [0.5, 0.6) is 0 Å². The summed E-state index contributed by atoms with van der Waals surface area (Å²) in [5.41, 5.74) is 3.69. The zero-order valence-electron chi connectivity index (χ0n) is 18.7. The van der Waals surface area contributed by atoms with Gasteiger partial charge in [0.2, 0.25) is 5.91 Å². The van der Waals surface area contributed by atoms with Crippen molar-refractivity contribution in [1.29, 1.82) is 0 Å².